The van der Waals surface area contributed by atoms with E-state index in [0.717, 1.165) is 18.4 Å². The molecule has 1 heterocycles. The molecule has 0 spiro atoms. The van der Waals surface area contributed by atoms with Gasteiger partial charge in [-0.3, -0.25) is 0 Å². The third-order valence-corrected chi connectivity index (χ3v) is 4.09. The smallest absolute Gasteiger partial charge is 0.0430 e. The van der Waals surface area contributed by atoms with Crippen LogP contribution >= 0.6 is 22.9 Å². The Hall–Kier alpha value is -0.270. The van der Waals surface area contributed by atoms with Gasteiger partial charge in [0.15, 0.2) is 0 Å². The van der Waals surface area contributed by atoms with Crippen molar-refractivity contribution in [2.24, 2.45) is 0 Å². The molecule has 1 rings (SSSR count). The van der Waals surface area contributed by atoms with Gasteiger partial charge in [-0.25, -0.2) is 0 Å². The minimum atomic E-state index is 0.253. The molecule has 0 radical (unpaired) electrons. The van der Waals surface area contributed by atoms with Gasteiger partial charge in [0.25, 0.3) is 0 Å². The fourth-order valence-corrected chi connectivity index (χ4v) is 2.36. The second kappa shape index (κ2) is 4.99. The van der Waals surface area contributed by atoms with Gasteiger partial charge in [0.05, 0.1) is 0 Å². The van der Waals surface area contributed by atoms with Crippen LogP contribution in [0.15, 0.2) is 29.7 Å². The Morgan fingerprint density at radius 3 is 2.79 bits per heavy atom. The summed E-state index contributed by atoms with van der Waals surface area (Å²) in [6.07, 6.45) is 2.15. The molecule has 0 aromatic carbocycles. The van der Waals surface area contributed by atoms with Crippen LogP contribution in [0.4, 0.5) is 0 Å². The summed E-state index contributed by atoms with van der Waals surface area (Å²) in [5, 5.41) is 2.13. The van der Waals surface area contributed by atoms with Crippen molar-refractivity contribution in [3.63, 3.8) is 0 Å². The molecular formula is C12H17ClS. The molecular weight excluding hydrogens is 212 g/mol. The van der Waals surface area contributed by atoms with Gasteiger partial charge in [0.2, 0.25) is 0 Å². The van der Waals surface area contributed by atoms with Crippen molar-refractivity contribution >= 4 is 22.9 Å². The minimum absolute atomic E-state index is 0.253. The van der Waals surface area contributed by atoms with Gasteiger partial charge in [-0.1, -0.05) is 32.1 Å². The highest BCUT2D eigenvalue weighted by Gasteiger charge is 2.21. The van der Waals surface area contributed by atoms with Gasteiger partial charge < -0.3 is 0 Å². The van der Waals surface area contributed by atoms with Crippen molar-refractivity contribution in [2.45, 2.75) is 32.1 Å². The number of hydrogen-bond donors (Lipinski definition) is 0. The average molecular weight is 229 g/mol. The van der Waals surface area contributed by atoms with Crippen LogP contribution in [-0.4, -0.2) is 5.88 Å². The molecule has 0 aliphatic carbocycles. The SMILES string of the molecule is C=C(CCl)CCC(C)(C)c1cccs1. The first kappa shape index (κ1) is 11.8. The van der Waals surface area contributed by atoms with E-state index in [9.17, 15) is 0 Å². The molecule has 0 amide bonds. The Morgan fingerprint density at radius 1 is 1.57 bits per heavy atom. The lowest BCUT2D eigenvalue weighted by Crippen LogP contribution is -2.15. The third kappa shape index (κ3) is 3.14. The highest BCUT2D eigenvalue weighted by Crippen LogP contribution is 2.32. The predicted octanol–water partition coefficient (Wildman–Crippen LogP) is 4.60. The molecule has 0 N–H and O–H groups in total. The summed E-state index contributed by atoms with van der Waals surface area (Å²) in [4.78, 5) is 1.44. The van der Waals surface area contributed by atoms with E-state index in [1.807, 2.05) is 11.3 Å². The highest BCUT2D eigenvalue weighted by molar-refractivity contribution is 7.10. The van der Waals surface area contributed by atoms with Gasteiger partial charge in [0, 0.05) is 10.8 Å². The van der Waals surface area contributed by atoms with Gasteiger partial charge in [-0.15, -0.1) is 22.9 Å². The van der Waals surface area contributed by atoms with Crippen molar-refractivity contribution < 1.29 is 0 Å². The highest BCUT2D eigenvalue weighted by atomic mass is 35.5. The molecule has 0 saturated heterocycles. The number of halogens is 1. The Morgan fingerprint density at radius 2 is 2.29 bits per heavy atom. The number of thiophene rings is 1. The number of rotatable bonds is 5. The first-order chi connectivity index (χ1) is 6.56. The number of allylic oxidation sites excluding steroid dienone is 1. The van der Waals surface area contributed by atoms with Crippen LogP contribution in [0.2, 0.25) is 0 Å². The van der Waals surface area contributed by atoms with Crippen molar-refractivity contribution in [3.8, 4) is 0 Å². The molecule has 0 fully saturated rings. The van der Waals surface area contributed by atoms with Gasteiger partial charge in [-0.2, -0.15) is 0 Å². The molecule has 0 saturated carbocycles. The average Bonchev–Trinajstić information content (AvgIpc) is 2.67. The van der Waals surface area contributed by atoms with E-state index in [4.69, 9.17) is 11.6 Å². The van der Waals surface area contributed by atoms with Gasteiger partial charge in [0.1, 0.15) is 0 Å². The van der Waals surface area contributed by atoms with Crippen molar-refractivity contribution in [1.29, 1.82) is 0 Å². The molecule has 0 aliphatic rings. The monoisotopic (exact) mass is 228 g/mol. The Labute approximate surface area is 95.6 Å². The molecule has 14 heavy (non-hydrogen) atoms. The van der Waals surface area contributed by atoms with Crippen LogP contribution < -0.4 is 0 Å². The molecule has 78 valence electrons. The van der Waals surface area contributed by atoms with Crippen LogP contribution in [0.25, 0.3) is 0 Å². The van der Waals surface area contributed by atoms with Gasteiger partial charge in [-0.05, 0) is 29.7 Å². The molecule has 0 atom stereocenters. The number of hydrogen-bond acceptors (Lipinski definition) is 1. The standard InChI is InChI=1S/C12H17ClS/c1-10(9-13)6-7-12(2,3)11-5-4-8-14-11/h4-5,8H,1,6-7,9H2,2-3H3. The molecule has 0 unspecified atom stereocenters. The van der Waals surface area contributed by atoms with Crippen LogP contribution in [0.1, 0.15) is 31.6 Å². The third-order valence-electron chi connectivity index (χ3n) is 2.48. The Balaban J connectivity index is 2.54. The summed E-state index contributed by atoms with van der Waals surface area (Å²) in [6, 6.07) is 4.31. The first-order valence-corrected chi connectivity index (χ1v) is 6.24. The van der Waals surface area contributed by atoms with Gasteiger partial charge >= 0.3 is 0 Å². The maximum absolute atomic E-state index is 5.71. The zero-order chi connectivity index (χ0) is 10.6. The summed E-state index contributed by atoms with van der Waals surface area (Å²) >= 11 is 7.54. The molecule has 0 aliphatic heterocycles. The van der Waals surface area contributed by atoms with Crippen LogP contribution in [0, 0.1) is 0 Å². The molecule has 1 aromatic rings. The maximum atomic E-state index is 5.71. The van der Waals surface area contributed by atoms with E-state index in [1.54, 1.807) is 0 Å². The topological polar surface area (TPSA) is 0 Å². The zero-order valence-corrected chi connectivity index (χ0v) is 10.4. The largest absolute Gasteiger partial charge is 0.148 e. The first-order valence-electron chi connectivity index (χ1n) is 4.83. The quantitative estimate of drug-likeness (QED) is 0.511. The van der Waals surface area contributed by atoms with E-state index in [0.29, 0.717) is 5.88 Å². The maximum Gasteiger partial charge on any atom is 0.0430 e. The van der Waals surface area contributed by atoms with E-state index >= 15 is 0 Å². The minimum Gasteiger partial charge on any atom is -0.148 e. The molecule has 0 bridgehead atoms. The second-order valence-electron chi connectivity index (χ2n) is 4.24. The summed E-state index contributed by atoms with van der Waals surface area (Å²) in [7, 11) is 0. The van der Waals surface area contributed by atoms with E-state index in [2.05, 4.69) is 37.9 Å². The number of alkyl halides is 1. The summed E-state index contributed by atoms with van der Waals surface area (Å²) in [5.74, 6) is 0.584. The summed E-state index contributed by atoms with van der Waals surface area (Å²) in [6.45, 7) is 8.49. The van der Waals surface area contributed by atoms with E-state index in [1.165, 1.54) is 4.88 Å². The predicted molar refractivity (Wildman–Crippen MR) is 66.4 cm³/mol. The molecule has 0 nitrogen and oxygen atoms in total. The molecule has 2 heteroatoms. The summed E-state index contributed by atoms with van der Waals surface area (Å²) < 4.78 is 0. The normalized spacial score (nSPS) is 11.6. The van der Waals surface area contributed by atoms with Crippen LogP contribution in [0.5, 0.6) is 0 Å². The van der Waals surface area contributed by atoms with E-state index in [-0.39, 0.29) is 5.41 Å². The lowest BCUT2D eigenvalue weighted by atomic mass is 9.85. The lowest BCUT2D eigenvalue weighted by Gasteiger charge is -2.23. The van der Waals surface area contributed by atoms with Crippen molar-refractivity contribution in [2.75, 3.05) is 5.88 Å². The van der Waals surface area contributed by atoms with Crippen molar-refractivity contribution in [1.82, 2.24) is 0 Å². The van der Waals surface area contributed by atoms with Crippen LogP contribution in [-0.2, 0) is 5.41 Å². The van der Waals surface area contributed by atoms with E-state index < -0.39 is 0 Å². The Kier molecular flexibility index (Phi) is 4.21. The fourth-order valence-electron chi connectivity index (χ4n) is 1.34. The second-order valence-corrected chi connectivity index (χ2v) is 5.46. The lowest BCUT2D eigenvalue weighted by molar-refractivity contribution is 0.489. The zero-order valence-electron chi connectivity index (χ0n) is 8.85. The summed E-state index contributed by atoms with van der Waals surface area (Å²) in [5.41, 5.74) is 1.39. The van der Waals surface area contributed by atoms with Crippen molar-refractivity contribution in [3.05, 3.63) is 34.5 Å². The van der Waals surface area contributed by atoms with Crippen LogP contribution in [0.3, 0.4) is 0 Å². The molecule has 1 aromatic heterocycles. The Bertz CT molecular complexity index is 285. The fraction of sp³-hybridized carbons (Fsp3) is 0.500.